The fraction of sp³-hybridized carbons (Fsp3) is 0.231. The van der Waals surface area contributed by atoms with Crippen molar-refractivity contribution in [1.29, 1.82) is 5.26 Å². The van der Waals surface area contributed by atoms with E-state index in [1.165, 1.54) is 11.8 Å². The van der Waals surface area contributed by atoms with E-state index >= 15 is 0 Å². The molecule has 4 nitrogen and oxygen atoms in total. The molecule has 0 saturated heterocycles. The first-order valence-corrected chi connectivity index (χ1v) is 11.1. The smallest absolute Gasteiger partial charge is 0.319 e. The first-order chi connectivity index (χ1) is 15.2. The van der Waals surface area contributed by atoms with Gasteiger partial charge in [-0.2, -0.15) is 5.26 Å². The largest absolute Gasteiger partial charge is 0.493 e. The molecule has 0 heterocycles. The van der Waals surface area contributed by atoms with Crippen molar-refractivity contribution >= 4 is 17.7 Å². The van der Waals surface area contributed by atoms with E-state index < -0.39 is 0 Å². The van der Waals surface area contributed by atoms with Crippen molar-refractivity contribution in [3.05, 3.63) is 95.6 Å². The number of esters is 1. The third kappa shape index (κ3) is 7.20. The van der Waals surface area contributed by atoms with Gasteiger partial charge in [-0.15, -0.1) is 11.8 Å². The molecule has 0 aliphatic carbocycles. The molecule has 3 aromatic rings. The molecule has 3 rings (SSSR count). The van der Waals surface area contributed by atoms with Gasteiger partial charge in [0, 0.05) is 11.3 Å². The fourth-order valence-electron chi connectivity index (χ4n) is 3.04. The number of thioether (sulfide) groups is 1. The molecule has 0 amide bonds. The lowest BCUT2D eigenvalue weighted by Crippen LogP contribution is -2.22. The second-order valence-corrected chi connectivity index (χ2v) is 8.20. The highest BCUT2D eigenvalue weighted by atomic mass is 32.2. The molecular formula is C26H25NO3S. The number of carbonyl (C=O) groups excluding carboxylic acids is 1. The molecule has 5 heteroatoms. The summed E-state index contributed by atoms with van der Waals surface area (Å²) in [7, 11) is 0. The Morgan fingerprint density at radius 1 is 0.968 bits per heavy atom. The molecule has 0 spiro atoms. The Morgan fingerprint density at radius 2 is 1.65 bits per heavy atom. The van der Waals surface area contributed by atoms with Gasteiger partial charge in [-0.05, 0) is 60.9 Å². The molecule has 158 valence electrons. The number of carbonyl (C=O) groups is 1. The molecule has 0 aromatic heterocycles. The molecule has 0 saturated carbocycles. The summed E-state index contributed by atoms with van der Waals surface area (Å²) in [4.78, 5) is 13.5. The van der Waals surface area contributed by atoms with Crippen molar-refractivity contribution in [2.75, 3.05) is 13.2 Å². The van der Waals surface area contributed by atoms with Crippen molar-refractivity contribution in [3.8, 4) is 11.8 Å². The number of hydrogen-bond acceptors (Lipinski definition) is 5. The zero-order chi connectivity index (χ0) is 21.9. The van der Waals surface area contributed by atoms with Gasteiger partial charge >= 0.3 is 5.97 Å². The van der Waals surface area contributed by atoms with Crippen LogP contribution in [0.1, 0.15) is 23.6 Å². The summed E-state index contributed by atoms with van der Waals surface area (Å²) in [6, 6.07) is 27.4. The average Bonchev–Trinajstić information content (AvgIpc) is 2.81. The van der Waals surface area contributed by atoms with Gasteiger partial charge in [0.15, 0.2) is 0 Å². The highest BCUT2D eigenvalue weighted by molar-refractivity contribution is 8.00. The molecule has 0 N–H and O–H groups in total. The van der Waals surface area contributed by atoms with Crippen LogP contribution in [0.2, 0.25) is 0 Å². The van der Waals surface area contributed by atoms with E-state index in [0.29, 0.717) is 25.2 Å². The molecule has 0 fully saturated rings. The van der Waals surface area contributed by atoms with Crippen LogP contribution in [0.4, 0.5) is 0 Å². The normalized spacial score (nSPS) is 11.4. The molecule has 0 radical (unpaired) electrons. The van der Waals surface area contributed by atoms with Gasteiger partial charge in [0.25, 0.3) is 0 Å². The third-order valence-electron chi connectivity index (χ3n) is 4.66. The average molecular weight is 432 g/mol. The van der Waals surface area contributed by atoms with Gasteiger partial charge in [0.1, 0.15) is 11.0 Å². The van der Waals surface area contributed by atoms with Crippen LogP contribution < -0.4 is 4.74 Å². The van der Waals surface area contributed by atoms with Gasteiger partial charge in [0.2, 0.25) is 0 Å². The molecule has 3 aromatic carbocycles. The number of benzene rings is 3. The van der Waals surface area contributed by atoms with Crippen molar-refractivity contribution < 1.29 is 14.3 Å². The molecule has 0 bridgehead atoms. The second-order valence-electron chi connectivity index (χ2n) is 6.93. The highest BCUT2D eigenvalue weighted by Gasteiger charge is 2.21. The van der Waals surface area contributed by atoms with Crippen molar-refractivity contribution in [2.45, 2.75) is 29.9 Å². The zero-order valence-electron chi connectivity index (χ0n) is 17.5. The number of hydrogen-bond donors (Lipinski definition) is 0. The van der Waals surface area contributed by atoms with E-state index in [1.54, 1.807) is 0 Å². The Morgan fingerprint density at radius 3 is 2.29 bits per heavy atom. The SMILES string of the molecule is CCOC(=O)C(Cc1ccc(OCCc2ccc(C#N)cc2)cc1)Sc1ccccc1. The molecule has 0 aliphatic heterocycles. The van der Waals surface area contributed by atoms with Gasteiger partial charge in [0.05, 0.1) is 24.8 Å². The van der Waals surface area contributed by atoms with E-state index in [4.69, 9.17) is 14.7 Å². The Balaban J connectivity index is 1.55. The number of ether oxygens (including phenoxy) is 2. The lowest BCUT2D eigenvalue weighted by atomic mass is 10.1. The lowest BCUT2D eigenvalue weighted by Gasteiger charge is -2.16. The maximum atomic E-state index is 12.4. The van der Waals surface area contributed by atoms with Crippen LogP contribution in [0.3, 0.4) is 0 Å². The van der Waals surface area contributed by atoms with Crippen LogP contribution in [-0.4, -0.2) is 24.4 Å². The molecule has 1 unspecified atom stereocenters. The lowest BCUT2D eigenvalue weighted by molar-refractivity contribution is -0.142. The second kappa shape index (κ2) is 11.8. The van der Waals surface area contributed by atoms with Crippen LogP contribution in [0.5, 0.6) is 5.75 Å². The van der Waals surface area contributed by atoms with E-state index in [2.05, 4.69) is 6.07 Å². The summed E-state index contributed by atoms with van der Waals surface area (Å²) in [6.07, 6.45) is 1.36. The van der Waals surface area contributed by atoms with Crippen LogP contribution in [0.15, 0.2) is 83.8 Å². The first kappa shape index (κ1) is 22.5. The van der Waals surface area contributed by atoms with Gasteiger partial charge in [-0.3, -0.25) is 4.79 Å². The fourth-order valence-corrected chi connectivity index (χ4v) is 4.12. The van der Waals surface area contributed by atoms with E-state index in [1.807, 2.05) is 85.8 Å². The van der Waals surface area contributed by atoms with Gasteiger partial charge in [-0.1, -0.05) is 42.5 Å². The summed E-state index contributed by atoms with van der Waals surface area (Å²) >= 11 is 1.52. The van der Waals surface area contributed by atoms with E-state index in [0.717, 1.165) is 28.2 Å². The predicted octanol–water partition coefficient (Wildman–Crippen LogP) is 5.45. The standard InChI is InChI=1S/C26H25NO3S/c1-2-29-26(28)25(31-24-6-4-3-5-7-24)18-21-12-14-23(15-13-21)30-17-16-20-8-10-22(19-27)11-9-20/h3-15,25H,2,16-18H2,1H3. The van der Waals surface area contributed by atoms with Crippen LogP contribution in [-0.2, 0) is 22.4 Å². The van der Waals surface area contributed by atoms with Crippen LogP contribution in [0.25, 0.3) is 0 Å². The maximum Gasteiger partial charge on any atom is 0.319 e. The summed E-state index contributed by atoms with van der Waals surface area (Å²) in [5, 5.41) is 8.56. The van der Waals surface area contributed by atoms with Crippen molar-refractivity contribution in [1.82, 2.24) is 0 Å². The Hall–Kier alpha value is -3.23. The molecule has 0 aliphatic rings. The van der Waals surface area contributed by atoms with Crippen molar-refractivity contribution in [3.63, 3.8) is 0 Å². The minimum Gasteiger partial charge on any atom is -0.493 e. The number of rotatable bonds is 10. The maximum absolute atomic E-state index is 12.4. The van der Waals surface area contributed by atoms with Crippen LogP contribution in [0, 0.1) is 11.3 Å². The van der Waals surface area contributed by atoms with Gasteiger partial charge in [-0.25, -0.2) is 0 Å². The Kier molecular flexibility index (Phi) is 8.57. The predicted molar refractivity (Wildman–Crippen MR) is 123 cm³/mol. The minimum absolute atomic E-state index is 0.195. The third-order valence-corrected chi connectivity index (χ3v) is 5.85. The molecule has 31 heavy (non-hydrogen) atoms. The molecule has 1 atom stereocenters. The minimum atomic E-state index is -0.300. The highest BCUT2D eigenvalue weighted by Crippen LogP contribution is 2.27. The zero-order valence-corrected chi connectivity index (χ0v) is 18.3. The quantitative estimate of drug-likeness (QED) is 0.316. The Bertz CT molecular complexity index is 996. The number of nitriles is 1. The van der Waals surface area contributed by atoms with E-state index in [-0.39, 0.29) is 11.2 Å². The number of nitrogens with zero attached hydrogens (tertiary/aromatic N) is 1. The van der Waals surface area contributed by atoms with Gasteiger partial charge < -0.3 is 9.47 Å². The summed E-state index contributed by atoms with van der Waals surface area (Å²) < 4.78 is 11.1. The Labute approximate surface area is 187 Å². The summed E-state index contributed by atoms with van der Waals surface area (Å²) in [5.41, 5.74) is 2.85. The summed E-state index contributed by atoms with van der Waals surface area (Å²) in [6.45, 7) is 2.75. The monoisotopic (exact) mass is 431 g/mol. The first-order valence-electron chi connectivity index (χ1n) is 10.3. The van der Waals surface area contributed by atoms with E-state index in [9.17, 15) is 4.79 Å². The topological polar surface area (TPSA) is 59.3 Å². The molecular weight excluding hydrogens is 406 g/mol. The summed E-state index contributed by atoms with van der Waals surface area (Å²) in [5.74, 6) is 0.597. The van der Waals surface area contributed by atoms with Crippen LogP contribution >= 0.6 is 11.8 Å². The van der Waals surface area contributed by atoms with Crippen molar-refractivity contribution in [2.24, 2.45) is 0 Å².